The number of aromatic nitrogens is 4. The van der Waals surface area contributed by atoms with Gasteiger partial charge in [0, 0.05) is 0 Å². The van der Waals surface area contributed by atoms with Crippen molar-refractivity contribution in [1.82, 2.24) is 19.6 Å². The van der Waals surface area contributed by atoms with E-state index in [0.717, 1.165) is 27.3 Å². The molecule has 0 saturated carbocycles. The summed E-state index contributed by atoms with van der Waals surface area (Å²) in [7, 11) is -4.65. The topological polar surface area (TPSA) is 150 Å². The molecule has 0 fully saturated rings. The lowest BCUT2D eigenvalue weighted by Crippen LogP contribution is -2.36. The molecular formula is C44H55Cl2FN4O9S. The molecule has 0 unspecified atom stereocenters. The first kappa shape index (κ1) is 34.9. The van der Waals surface area contributed by atoms with Gasteiger partial charge in [-0.3, -0.25) is 13.8 Å². The third-order valence-electron chi connectivity index (χ3n) is 7.67. The molecule has 332 valence electrons. The largest absolute Gasteiger partial charge is 0.485 e. The maximum Gasteiger partial charge on any atom is 0.297 e. The third-order valence-corrected chi connectivity index (χ3v) is 9.52. The van der Waals surface area contributed by atoms with Crippen LogP contribution in [0.3, 0.4) is 0 Å². The van der Waals surface area contributed by atoms with Crippen LogP contribution in [-0.4, -0.2) is 54.3 Å². The van der Waals surface area contributed by atoms with Crippen molar-refractivity contribution >= 4 is 33.3 Å². The number of hydrogen-bond acceptors (Lipinski definition) is 11. The van der Waals surface area contributed by atoms with E-state index in [-0.39, 0.29) is 45.0 Å². The van der Waals surface area contributed by atoms with E-state index < -0.39 is 84.9 Å². The lowest BCUT2D eigenvalue weighted by Gasteiger charge is -2.21. The number of aryl methyl sites for hydroxylation is 1. The van der Waals surface area contributed by atoms with Gasteiger partial charge < -0.3 is 18.9 Å². The van der Waals surface area contributed by atoms with Gasteiger partial charge >= 0.3 is 0 Å². The molecule has 61 heavy (non-hydrogen) atoms. The van der Waals surface area contributed by atoms with Crippen LogP contribution < -0.4 is 20.6 Å². The van der Waals surface area contributed by atoms with Crippen LogP contribution in [0.2, 0.25) is 10.0 Å². The van der Waals surface area contributed by atoms with Crippen molar-refractivity contribution in [3.63, 3.8) is 0 Å². The molecule has 0 aliphatic heterocycles. The summed E-state index contributed by atoms with van der Waals surface area (Å²) in [5, 5.41) is 7.33. The number of rotatable bonds is 17. The van der Waals surface area contributed by atoms with Crippen molar-refractivity contribution < 1.29 is 52.4 Å². The maximum atomic E-state index is 13.2. The SMILES string of the molecule is C.[2H]C([2H])(Oc1cnn(C(C)(C)C)c(=O)c1Cl)c1ccc(COC([2H])([2H])C([2H])([2H])F)cc1.[2H]C([2H])(Oc1cnn(C(C)(C)C)c(=O)c1Cl)c1ccc(COC([2H])([2H])C([2H])([2H])OS(=O)(=O)c2ccc(C)cc2)cc1. The summed E-state index contributed by atoms with van der Waals surface area (Å²) < 4.78 is 158. The van der Waals surface area contributed by atoms with Crippen LogP contribution in [0.25, 0.3) is 0 Å². The first-order valence-corrected chi connectivity index (χ1v) is 19.9. The predicted octanol–water partition coefficient (Wildman–Crippen LogP) is 8.81. The molecule has 0 atom stereocenters. The van der Waals surface area contributed by atoms with E-state index in [9.17, 15) is 22.4 Å². The Balaban J connectivity index is 0.000000395. The van der Waals surface area contributed by atoms with Crippen LogP contribution in [0.15, 0.2) is 99.7 Å². The monoisotopic (exact) mass is 916 g/mol. The Morgan fingerprint density at radius 1 is 0.656 bits per heavy atom. The van der Waals surface area contributed by atoms with Gasteiger partial charge in [-0.15, -0.1) is 0 Å². The van der Waals surface area contributed by atoms with Crippen LogP contribution in [0.1, 0.15) is 93.2 Å². The van der Waals surface area contributed by atoms with Crippen LogP contribution in [-0.2, 0) is 61.2 Å². The van der Waals surface area contributed by atoms with E-state index in [2.05, 4.69) is 19.1 Å². The Morgan fingerprint density at radius 2 is 1.05 bits per heavy atom. The fourth-order valence-corrected chi connectivity index (χ4v) is 5.66. The number of benzene rings is 3. The van der Waals surface area contributed by atoms with Gasteiger partial charge in [0.15, 0.2) is 21.5 Å². The minimum Gasteiger partial charge on any atom is -0.485 e. The molecule has 0 spiro atoms. The second kappa shape index (κ2) is 23.0. The highest BCUT2D eigenvalue weighted by Crippen LogP contribution is 2.23. The Bertz CT molecular complexity index is 2940. The van der Waals surface area contributed by atoms with Crippen LogP contribution in [0.4, 0.5) is 4.39 Å². The summed E-state index contributed by atoms with van der Waals surface area (Å²) in [5.74, 6) is -0.492. The van der Waals surface area contributed by atoms with Crippen LogP contribution >= 0.6 is 23.2 Å². The average molecular weight is 918 g/mol. The summed E-state index contributed by atoms with van der Waals surface area (Å²) in [4.78, 5) is 24.6. The van der Waals surface area contributed by atoms with Crippen LogP contribution in [0.5, 0.6) is 11.5 Å². The quantitative estimate of drug-likeness (QED) is 0.0824. The average Bonchev–Trinajstić information content (AvgIpc) is 3.24. The molecule has 2 aromatic heterocycles. The normalized spacial score (nSPS) is 16.0. The van der Waals surface area contributed by atoms with E-state index >= 15 is 0 Å². The molecule has 0 aliphatic rings. The number of hydrogen-bond donors (Lipinski definition) is 0. The Labute approximate surface area is 384 Å². The van der Waals surface area contributed by atoms with Gasteiger partial charge in [0.2, 0.25) is 0 Å². The minimum absolute atomic E-state index is 0. The highest BCUT2D eigenvalue weighted by atomic mass is 35.5. The maximum absolute atomic E-state index is 13.2. The highest BCUT2D eigenvalue weighted by Gasteiger charge is 2.21. The smallest absolute Gasteiger partial charge is 0.297 e. The van der Waals surface area contributed by atoms with Crippen molar-refractivity contribution in [1.29, 1.82) is 0 Å². The van der Waals surface area contributed by atoms with Crippen molar-refractivity contribution in [3.05, 3.63) is 144 Å². The lowest BCUT2D eigenvalue weighted by molar-refractivity contribution is 0.0907. The van der Waals surface area contributed by atoms with Crippen molar-refractivity contribution in [2.75, 3.05) is 26.3 Å². The molecule has 17 heteroatoms. The molecule has 5 aromatic rings. The second-order valence-electron chi connectivity index (χ2n) is 14.6. The van der Waals surface area contributed by atoms with E-state index in [1.165, 1.54) is 72.8 Å². The van der Waals surface area contributed by atoms with Crippen molar-refractivity contribution in [2.24, 2.45) is 0 Å². The van der Waals surface area contributed by atoms with Gasteiger partial charge in [-0.25, -0.2) is 13.8 Å². The molecule has 13 nitrogen and oxygen atoms in total. The van der Waals surface area contributed by atoms with Gasteiger partial charge in [-0.05, 0) is 82.9 Å². The standard InChI is InChI=1S/C25H29ClN2O6S.C18H22ClFN2O3.CH4/c1-18-5-11-21(12-6-18)35(30,31)34-14-13-32-16-19-7-9-20(10-8-19)17-33-22-15-27-28(25(2,3)4)24(29)23(22)26;1-18(2,3)22-17(23)16(19)15(10-21-22)25-12-14-6-4-13(5-7-14)11-24-9-8-20;/h5-12,15H,13-14,16-17H2,1-4H3;4-7,10H,8-9,11-12H2,1-3H3;1H4/i13D2,14D2,17D2;8D2,9D2,12D2;. The van der Waals surface area contributed by atoms with Crippen LogP contribution in [0, 0.1) is 6.92 Å². The first-order valence-electron chi connectivity index (χ1n) is 23.7. The zero-order chi connectivity index (χ0) is 54.8. The number of nitrogens with zero attached hydrogens (tertiary/aromatic N) is 4. The summed E-state index contributed by atoms with van der Waals surface area (Å²) >= 11 is 12.2. The fraction of sp³-hybridized carbons (Fsp3) is 0.409. The minimum atomic E-state index is -4.65. The lowest BCUT2D eigenvalue weighted by atomic mass is 10.1. The zero-order valence-electron chi connectivity index (χ0n) is 45.5. The molecule has 0 N–H and O–H groups in total. The molecule has 5 rings (SSSR count). The second-order valence-corrected chi connectivity index (χ2v) is 16.9. The number of ether oxygens (including phenoxy) is 4. The summed E-state index contributed by atoms with van der Waals surface area (Å²) in [6.07, 6.45) is 2.30. The molecule has 2 heterocycles. The van der Waals surface area contributed by atoms with Crippen molar-refractivity contribution in [3.8, 4) is 11.5 Å². The molecule has 0 aliphatic carbocycles. The summed E-state index contributed by atoms with van der Waals surface area (Å²) in [5.41, 5.74) is -1.08. The predicted molar refractivity (Wildman–Crippen MR) is 235 cm³/mol. The van der Waals surface area contributed by atoms with Gasteiger partial charge in [0.05, 0.1) is 77.7 Å². The summed E-state index contributed by atoms with van der Waals surface area (Å²) in [6, 6.07) is 16.2. The van der Waals surface area contributed by atoms with Crippen molar-refractivity contribution in [2.45, 2.75) is 98.2 Å². The van der Waals surface area contributed by atoms with E-state index in [4.69, 9.17) is 53.9 Å². The third kappa shape index (κ3) is 15.3. The molecule has 0 bridgehead atoms. The molecule has 0 radical (unpaired) electrons. The number of halogens is 3. The Hall–Kier alpha value is -4.64. The Kier molecular flexibility index (Phi) is 13.1. The van der Waals surface area contributed by atoms with E-state index in [1.807, 2.05) is 0 Å². The van der Waals surface area contributed by atoms with Gasteiger partial charge in [0.25, 0.3) is 21.2 Å². The zero-order valence-corrected chi connectivity index (χ0v) is 35.8. The number of alkyl halides is 1. The van der Waals surface area contributed by atoms with E-state index in [1.54, 1.807) is 48.5 Å². The van der Waals surface area contributed by atoms with E-state index in [0.29, 0.717) is 11.1 Å². The van der Waals surface area contributed by atoms with Gasteiger partial charge in [-0.1, -0.05) is 96.9 Å². The Morgan fingerprint density at radius 3 is 1.44 bits per heavy atom. The molecule has 0 saturated heterocycles. The molecule has 0 amide bonds. The van der Waals surface area contributed by atoms with Gasteiger partial charge in [-0.2, -0.15) is 18.6 Å². The van der Waals surface area contributed by atoms with Gasteiger partial charge in [0.1, 0.15) is 19.7 Å². The summed E-state index contributed by atoms with van der Waals surface area (Å²) in [6.45, 7) is -6.95. The molecular weight excluding hydrogens is 850 g/mol. The first-order chi connectivity index (χ1) is 32.6. The molecule has 3 aromatic carbocycles. The fourth-order valence-electron chi connectivity index (χ4n) is 4.62. The highest BCUT2D eigenvalue weighted by molar-refractivity contribution is 7.86.